The minimum atomic E-state index is -0.175. The first-order chi connectivity index (χ1) is 13.0. The maximum atomic E-state index is 13.9. The summed E-state index contributed by atoms with van der Waals surface area (Å²) in [6, 6.07) is 13.1. The summed E-state index contributed by atoms with van der Waals surface area (Å²) in [5.41, 5.74) is 2.78. The lowest BCUT2D eigenvalue weighted by Gasteiger charge is -2.14. The lowest BCUT2D eigenvalue weighted by Crippen LogP contribution is -2.36. The maximum absolute atomic E-state index is 13.9. The zero-order chi connectivity index (χ0) is 19.6. The van der Waals surface area contributed by atoms with E-state index < -0.39 is 0 Å². The molecule has 0 atom stereocenters. The highest BCUT2D eigenvalue weighted by Crippen LogP contribution is 2.14. The van der Waals surface area contributed by atoms with Crippen LogP contribution in [0.3, 0.4) is 0 Å². The van der Waals surface area contributed by atoms with Crippen molar-refractivity contribution in [2.75, 3.05) is 27.7 Å². The fourth-order valence-electron chi connectivity index (χ4n) is 2.67. The normalized spacial score (nSPS) is 11.6. The molecule has 2 N–H and O–H groups in total. The van der Waals surface area contributed by atoms with Crippen molar-refractivity contribution in [1.82, 2.24) is 15.5 Å². The standard InChI is InChI=1S/C21H29FN4O/c1-5-23-21(24-13-16-7-6-8-19(12-16)27-4)25-14-17-9-10-20(22)18(11-17)15-26(2)3/h6-12H,5,13-15H2,1-4H3,(H2,23,24,25). The summed E-state index contributed by atoms with van der Waals surface area (Å²) in [4.78, 5) is 6.57. The molecule has 0 radical (unpaired) electrons. The summed E-state index contributed by atoms with van der Waals surface area (Å²) in [6.07, 6.45) is 0. The van der Waals surface area contributed by atoms with E-state index in [-0.39, 0.29) is 5.82 Å². The van der Waals surface area contributed by atoms with E-state index in [4.69, 9.17) is 4.74 Å². The highest BCUT2D eigenvalue weighted by Gasteiger charge is 2.06. The van der Waals surface area contributed by atoms with Crippen molar-refractivity contribution in [2.24, 2.45) is 4.99 Å². The lowest BCUT2D eigenvalue weighted by atomic mass is 10.1. The second kappa shape index (κ2) is 10.5. The maximum Gasteiger partial charge on any atom is 0.191 e. The van der Waals surface area contributed by atoms with Crippen LogP contribution in [0.4, 0.5) is 4.39 Å². The smallest absolute Gasteiger partial charge is 0.191 e. The van der Waals surface area contributed by atoms with Crippen molar-refractivity contribution in [3.05, 3.63) is 65.0 Å². The minimum Gasteiger partial charge on any atom is -0.497 e. The van der Waals surface area contributed by atoms with Gasteiger partial charge in [0.1, 0.15) is 11.6 Å². The largest absolute Gasteiger partial charge is 0.497 e. The Hall–Kier alpha value is -2.60. The Morgan fingerprint density at radius 1 is 1.11 bits per heavy atom. The lowest BCUT2D eigenvalue weighted by molar-refractivity contribution is 0.392. The van der Waals surface area contributed by atoms with Gasteiger partial charge in [-0.2, -0.15) is 0 Å². The van der Waals surface area contributed by atoms with Gasteiger partial charge in [-0.25, -0.2) is 9.38 Å². The van der Waals surface area contributed by atoms with Crippen LogP contribution in [-0.4, -0.2) is 38.6 Å². The zero-order valence-corrected chi connectivity index (χ0v) is 16.6. The van der Waals surface area contributed by atoms with E-state index in [1.807, 2.05) is 56.3 Å². The molecule has 0 saturated carbocycles. The molecule has 5 nitrogen and oxygen atoms in total. The Bertz CT molecular complexity index is 762. The topological polar surface area (TPSA) is 48.9 Å². The summed E-state index contributed by atoms with van der Waals surface area (Å²) >= 11 is 0. The number of nitrogens with zero attached hydrogens (tertiary/aromatic N) is 2. The van der Waals surface area contributed by atoms with Gasteiger partial charge in [-0.05, 0) is 56.4 Å². The number of rotatable bonds is 8. The Labute approximate surface area is 161 Å². The van der Waals surface area contributed by atoms with Crippen LogP contribution in [0.25, 0.3) is 0 Å². The SMILES string of the molecule is CCNC(=NCc1cccc(OC)c1)NCc1ccc(F)c(CN(C)C)c1. The van der Waals surface area contributed by atoms with Crippen LogP contribution in [0.15, 0.2) is 47.5 Å². The molecule has 0 heterocycles. The van der Waals surface area contributed by atoms with Gasteiger partial charge in [-0.3, -0.25) is 0 Å². The van der Waals surface area contributed by atoms with Crippen LogP contribution in [0.5, 0.6) is 5.75 Å². The number of ether oxygens (including phenoxy) is 1. The van der Waals surface area contributed by atoms with Crippen molar-refractivity contribution >= 4 is 5.96 Å². The van der Waals surface area contributed by atoms with Gasteiger partial charge in [0, 0.05) is 25.2 Å². The highest BCUT2D eigenvalue weighted by molar-refractivity contribution is 5.79. The van der Waals surface area contributed by atoms with E-state index in [1.54, 1.807) is 13.2 Å². The second-order valence-electron chi connectivity index (χ2n) is 6.56. The highest BCUT2D eigenvalue weighted by atomic mass is 19.1. The molecule has 0 aliphatic heterocycles. The van der Waals surface area contributed by atoms with Crippen molar-refractivity contribution < 1.29 is 9.13 Å². The molecular formula is C21H29FN4O. The van der Waals surface area contributed by atoms with Gasteiger partial charge < -0.3 is 20.3 Å². The minimum absolute atomic E-state index is 0.175. The molecule has 0 saturated heterocycles. The molecule has 0 aliphatic rings. The molecule has 0 bridgehead atoms. The van der Waals surface area contributed by atoms with Crippen LogP contribution in [-0.2, 0) is 19.6 Å². The van der Waals surface area contributed by atoms with Crippen molar-refractivity contribution in [2.45, 2.75) is 26.6 Å². The predicted molar refractivity (Wildman–Crippen MR) is 108 cm³/mol. The molecule has 146 valence electrons. The van der Waals surface area contributed by atoms with Crippen LogP contribution in [0.1, 0.15) is 23.6 Å². The Morgan fingerprint density at radius 2 is 1.93 bits per heavy atom. The third-order valence-corrected chi connectivity index (χ3v) is 3.95. The van der Waals surface area contributed by atoms with E-state index in [2.05, 4.69) is 15.6 Å². The average molecular weight is 372 g/mol. The molecule has 2 aromatic carbocycles. The van der Waals surface area contributed by atoms with Gasteiger partial charge >= 0.3 is 0 Å². The molecule has 2 aromatic rings. The van der Waals surface area contributed by atoms with Gasteiger partial charge in [-0.15, -0.1) is 0 Å². The first-order valence-corrected chi connectivity index (χ1v) is 9.09. The average Bonchev–Trinajstić information content (AvgIpc) is 2.66. The third-order valence-electron chi connectivity index (χ3n) is 3.95. The number of guanidine groups is 1. The molecule has 0 spiro atoms. The Kier molecular flexibility index (Phi) is 8.07. The number of nitrogens with one attached hydrogen (secondary N) is 2. The first kappa shape index (κ1) is 20.7. The molecule has 6 heteroatoms. The summed E-state index contributed by atoms with van der Waals surface area (Å²) in [5.74, 6) is 1.37. The molecule has 0 amide bonds. The van der Waals surface area contributed by atoms with Crippen molar-refractivity contribution in [1.29, 1.82) is 0 Å². The zero-order valence-electron chi connectivity index (χ0n) is 16.6. The van der Waals surface area contributed by atoms with E-state index in [0.29, 0.717) is 25.2 Å². The van der Waals surface area contributed by atoms with E-state index in [1.165, 1.54) is 6.07 Å². The molecule has 0 aliphatic carbocycles. The Balaban J connectivity index is 2.03. The second-order valence-corrected chi connectivity index (χ2v) is 6.56. The number of halogens is 1. The number of benzene rings is 2. The van der Waals surface area contributed by atoms with E-state index >= 15 is 0 Å². The Morgan fingerprint density at radius 3 is 2.63 bits per heavy atom. The van der Waals surface area contributed by atoms with E-state index in [9.17, 15) is 4.39 Å². The van der Waals surface area contributed by atoms with Gasteiger partial charge in [0.15, 0.2) is 5.96 Å². The van der Waals surface area contributed by atoms with Crippen LogP contribution in [0.2, 0.25) is 0 Å². The predicted octanol–water partition coefficient (Wildman–Crippen LogP) is 3.15. The van der Waals surface area contributed by atoms with Crippen molar-refractivity contribution in [3.63, 3.8) is 0 Å². The summed E-state index contributed by atoms with van der Waals surface area (Å²) in [5, 5.41) is 6.54. The molecule has 0 fully saturated rings. The molecule has 27 heavy (non-hydrogen) atoms. The monoisotopic (exact) mass is 372 g/mol. The van der Waals surface area contributed by atoms with Crippen LogP contribution in [0, 0.1) is 5.82 Å². The number of methoxy groups -OCH3 is 1. The first-order valence-electron chi connectivity index (χ1n) is 9.09. The number of hydrogen-bond donors (Lipinski definition) is 2. The fourth-order valence-corrected chi connectivity index (χ4v) is 2.67. The number of hydrogen-bond acceptors (Lipinski definition) is 3. The van der Waals surface area contributed by atoms with Gasteiger partial charge in [0.2, 0.25) is 0 Å². The van der Waals surface area contributed by atoms with Crippen molar-refractivity contribution in [3.8, 4) is 5.75 Å². The third kappa shape index (κ3) is 6.90. The van der Waals surface area contributed by atoms with Gasteiger partial charge in [0.05, 0.1) is 13.7 Å². The summed E-state index contributed by atoms with van der Waals surface area (Å²) in [6.45, 7) is 4.48. The number of aliphatic imine (C=N–C) groups is 1. The molecule has 0 aromatic heterocycles. The van der Waals surface area contributed by atoms with Crippen LogP contribution < -0.4 is 15.4 Å². The summed E-state index contributed by atoms with van der Waals surface area (Å²) < 4.78 is 19.2. The van der Waals surface area contributed by atoms with E-state index in [0.717, 1.165) is 29.4 Å². The molecule has 0 unspecified atom stereocenters. The molecular weight excluding hydrogens is 343 g/mol. The van der Waals surface area contributed by atoms with Gasteiger partial charge in [-0.1, -0.05) is 18.2 Å². The van der Waals surface area contributed by atoms with Gasteiger partial charge in [0.25, 0.3) is 0 Å². The molecule has 2 rings (SSSR count). The van der Waals surface area contributed by atoms with Crippen LogP contribution >= 0.6 is 0 Å². The quantitative estimate of drug-likeness (QED) is 0.552. The summed E-state index contributed by atoms with van der Waals surface area (Å²) in [7, 11) is 5.51. The fraction of sp³-hybridized carbons (Fsp3) is 0.381.